The Kier molecular flexibility index (Phi) is 5.61. The van der Waals surface area contributed by atoms with Crippen LogP contribution >= 0.6 is 0 Å². The molecule has 1 unspecified atom stereocenters. The lowest BCUT2D eigenvalue weighted by Crippen LogP contribution is -2.48. The minimum atomic E-state index is -0.0691. The standard InChI is InChI=1S/C16H29N3O/c1-4-12-17-15(14-9-13-18-19(14)5-2)16(20-3)10-7-6-8-11-16/h9,13,15,17H,4-8,10-12H2,1-3H3. The number of nitrogens with one attached hydrogen (secondary N) is 1. The maximum Gasteiger partial charge on any atom is 0.0887 e. The van der Waals surface area contributed by atoms with Crippen molar-refractivity contribution >= 4 is 0 Å². The van der Waals surface area contributed by atoms with Crippen molar-refractivity contribution < 1.29 is 4.74 Å². The summed E-state index contributed by atoms with van der Waals surface area (Å²) in [5.41, 5.74) is 1.20. The molecule has 20 heavy (non-hydrogen) atoms. The Bertz CT molecular complexity index is 396. The molecule has 0 spiro atoms. The van der Waals surface area contributed by atoms with E-state index in [4.69, 9.17) is 4.74 Å². The van der Waals surface area contributed by atoms with Crippen LogP contribution in [0.4, 0.5) is 0 Å². The van der Waals surface area contributed by atoms with E-state index in [9.17, 15) is 0 Å². The van der Waals surface area contributed by atoms with Crippen molar-refractivity contribution in [2.75, 3.05) is 13.7 Å². The lowest BCUT2D eigenvalue weighted by molar-refractivity contribution is -0.0706. The largest absolute Gasteiger partial charge is 0.376 e. The second kappa shape index (κ2) is 7.23. The van der Waals surface area contributed by atoms with Crippen molar-refractivity contribution in [3.05, 3.63) is 18.0 Å². The van der Waals surface area contributed by atoms with Gasteiger partial charge in [-0.2, -0.15) is 5.10 Å². The van der Waals surface area contributed by atoms with Gasteiger partial charge in [-0.1, -0.05) is 26.2 Å². The molecule has 0 aromatic carbocycles. The fourth-order valence-electron chi connectivity index (χ4n) is 3.46. The van der Waals surface area contributed by atoms with Crippen LogP contribution in [0.2, 0.25) is 0 Å². The molecular weight excluding hydrogens is 250 g/mol. The van der Waals surface area contributed by atoms with Crippen LogP contribution in [0.3, 0.4) is 0 Å². The quantitative estimate of drug-likeness (QED) is 0.832. The first kappa shape index (κ1) is 15.5. The van der Waals surface area contributed by atoms with Crippen molar-refractivity contribution in [3.8, 4) is 0 Å². The molecule has 1 heterocycles. The highest BCUT2D eigenvalue weighted by molar-refractivity contribution is 5.14. The summed E-state index contributed by atoms with van der Waals surface area (Å²) in [6.07, 6.45) is 9.18. The molecule has 0 saturated heterocycles. The highest BCUT2D eigenvalue weighted by Gasteiger charge is 2.41. The Morgan fingerprint density at radius 2 is 2.10 bits per heavy atom. The third kappa shape index (κ3) is 3.07. The van der Waals surface area contributed by atoms with Gasteiger partial charge >= 0.3 is 0 Å². The van der Waals surface area contributed by atoms with Crippen LogP contribution in [0.15, 0.2) is 12.3 Å². The van der Waals surface area contributed by atoms with Gasteiger partial charge in [0.2, 0.25) is 0 Å². The van der Waals surface area contributed by atoms with Crippen molar-refractivity contribution in [3.63, 3.8) is 0 Å². The van der Waals surface area contributed by atoms with Gasteiger partial charge in [0.15, 0.2) is 0 Å². The maximum atomic E-state index is 6.06. The summed E-state index contributed by atoms with van der Waals surface area (Å²) in [4.78, 5) is 0. The van der Waals surface area contributed by atoms with Crippen LogP contribution in [0, 0.1) is 0 Å². The van der Waals surface area contributed by atoms with Gasteiger partial charge in [0.05, 0.1) is 17.3 Å². The molecule has 1 atom stereocenters. The first-order valence-corrected chi connectivity index (χ1v) is 8.07. The number of ether oxygens (including phenoxy) is 1. The summed E-state index contributed by atoms with van der Waals surface area (Å²) >= 11 is 0. The van der Waals surface area contributed by atoms with Crippen LogP contribution in [0.25, 0.3) is 0 Å². The third-order valence-electron chi connectivity index (χ3n) is 4.58. The van der Waals surface area contributed by atoms with E-state index in [2.05, 4.69) is 35.0 Å². The van der Waals surface area contributed by atoms with Crippen LogP contribution in [0.1, 0.15) is 64.1 Å². The number of aryl methyl sites for hydroxylation is 1. The molecule has 1 aromatic rings. The predicted molar refractivity (Wildman–Crippen MR) is 81.8 cm³/mol. The second-order valence-electron chi connectivity index (χ2n) is 5.79. The minimum absolute atomic E-state index is 0.0691. The fraction of sp³-hybridized carbons (Fsp3) is 0.812. The number of hydrogen-bond donors (Lipinski definition) is 1. The Hall–Kier alpha value is -0.870. The molecule has 1 saturated carbocycles. The lowest BCUT2D eigenvalue weighted by Gasteiger charge is -2.43. The Morgan fingerprint density at radius 1 is 1.35 bits per heavy atom. The van der Waals surface area contributed by atoms with Crippen molar-refractivity contribution in [1.29, 1.82) is 0 Å². The fourth-order valence-corrected chi connectivity index (χ4v) is 3.46. The predicted octanol–water partition coefficient (Wildman–Crippen LogP) is 3.29. The highest BCUT2D eigenvalue weighted by Crippen LogP contribution is 2.41. The van der Waals surface area contributed by atoms with Gasteiger partial charge in [0.25, 0.3) is 0 Å². The summed E-state index contributed by atoms with van der Waals surface area (Å²) in [5.74, 6) is 0. The van der Waals surface area contributed by atoms with E-state index in [0.717, 1.165) is 32.4 Å². The molecule has 4 heteroatoms. The van der Waals surface area contributed by atoms with Gasteiger partial charge < -0.3 is 10.1 Å². The van der Waals surface area contributed by atoms with E-state index in [-0.39, 0.29) is 11.6 Å². The van der Waals surface area contributed by atoms with Crippen LogP contribution < -0.4 is 5.32 Å². The number of rotatable bonds is 7. The van der Waals surface area contributed by atoms with E-state index >= 15 is 0 Å². The van der Waals surface area contributed by atoms with Crippen molar-refractivity contribution in [2.24, 2.45) is 0 Å². The number of hydrogen-bond acceptors (Lipinski definition) is 3. The average Bonchev–Trinajstić information content (AvgIpc) is 2.97. The Balaban J connectivity index is 2.30. The van der Waals surface area contributed by atoms with E-state index in [0.29, 0.717) is 0 Å². The average molecular weight is 279 g/mol. The summed E-state index contributed by atoms with van der Waals surface area (Å²) in [5, 5.41) is 8.17. The molecule has 4 nitrogen and oxygen atoms in total. The molecule has 114 valence electrons. The van der Waals surface area contributed by atoms with Crippen molar-refractivity contribution in [2.45, 2.75) is 70.6 Å². The summed E-state index contributed by atoms with van der Waals surface area (Å²) in [6, 6.07) is 2.39. The zero-order chi connectivity index (χ0) is 14.4. The van der Waals surface area contributed by atoms with Gasteiger partial charge in [0.1, 0.15) is 0 Å². The lowest BCUT2D eigenvalue weighted by atomic mass is 9.77. The molecule has 1 aromatic heterocycles. The van der Waals surface area contributed by atoms with Gasteiger partial charge in [0, 0.05) is 19.9 Å². The van der Waals surface area contributed by atoms with Crippen LogP contribution in [-0.4, -0.2) is 29.0 Å². The van der Waals surface area contributed by atoms with Gasteiger partial charge in [-0.25, -0.2) is 0 Å². The molecule has 0 amide bonds. The van der Waals surface area contributed by atoms with E-state index < -0.39 is 0 Å². The molecule has 1 fully saturated rings. The summed E-state index contributed by atoms with van der Waals surface area (Å²) in [6.45, 7) is 6.28. The number of nitrogens with zero attached hydrogens (tertiary/aromatic N) is 2. The zero-order valence-corrected chi connectivity index (χ0v) is 13.2. The smallest absolute Gasteiger partial charge is 0.0887 e. The number of aromatic nitrogens is 2. The molecule has 1 N–H and O–H groups in total. The first-order chi connectivity index (χ1) is 9.77. The van der Waals surface area contributed by atoms with Gasteiger partial charge in [-0.3, -0.25) is 4.68 Å². The van der Waals surface area contributed by atoms with Gasteiger partial charge in [-0.05, 0) is 38.8 Å². The Morgan fingerprint density at radius 3 is 2.70 bits per heavy atom. The molecule has 1 aliphatic carbocycles. The van der Waals surface area contributed by atoms with Crippen molar-refractivity contribution in [1.82, 2.24) is 15.1 Å². The van der Waals surface area contributed by atoms with Crippen LogP contribution in [-0.2, 0) is 11.3 Å². The third-order valence-corrected chi connectivity index (χ3v) is 4.58. The van der Waals surface area contributed by atoms with E-state index in [1.807, 2.05) is 13.3 Å². The zero-order valence-electron chi connectivity index (χ0n) is 13.2. The van der Waals surface area contributed by atoms with Crippen LogP contribution in [0.5, 0.6) is 0 Å². The molecule has 0 radical (unpaired) electrons. The topological polar surface area (TPSA) is 39.1 Å². The van der Waals surface area contributed by atoms with E-state index in [1.54, 1.807) is 0 Å². The maximum absolute atomic E-state index is 6.06. The molecule has 0 aliphatic heterocycles. The first-order valence-electron chi connectivity index (χ1n) is 8.07. The highest BCUT2D eigenvalue weighted by atomic mass is 16.5. The minimum Gasteiger partial charge on any atom is -0.376 e. The normalized spacial score (nSPS) is 19.9. The molecule has 0 bridgehead atoms. The monoisotopic (exact) mass is 279 g/mol. The summed E-state index contributed by atoms with van der Waals surface area (Å²) < 4.78 is 8.16. The SMILES string of the molecule is CCCNC(c1ccnn1CC)C1(OC)CCCCC1. The molecule has 1 aliphatic rings. The Labute approximate surface area is 122 Å². The molecular formula is C16H29N3O. The van der Waals surface area contributed by atoms with E-state index in [1.165, 1.54) is 25.0 Å². The molecule has 2 rings (SSSR count). The summed E-state index contributed by atoms with van der Waals surface area (Å²) in [7, 11) is 1.87. The number of methoxy groups -OCH3 is 1. The second-order valence-corrected chi connectivity index (χ2v) is 5.79. The van der Waals surface area contributed by atoms with Gasteiger partial charge in [-0.15, -0.1) is 0 Å².